The molecule has 1 aliphatic rings. The van der Waals surface area contributed by atoms with Gasteiger partial charge in [0.15, 0.2) is 5.69 Å². The molecule has 7 nitrogen and oxygen atoms in total. The summed E-state index contributed by atoms with van der Waals surface area (Å²) in [5.41, 5.74) is 8.26. The molecule has 1 aromatic carbocycles. The maximum atomic E-state index is 14.3. The summed E-state index contributed by atoms with van der Waals surface area (Å²) in [7, 11) is 1.52. The molecule has 1 atom stereocenters. The highest BCUT2D eigenvalue weighted by Crippen LogP contribution is 2.26. The van der Waals surface area contributed by atoms with E-state index >= 15 is 0 Å². The number of carbonyl (C=O) groups is 2. The maximum absolute atomic E-state index is 14.3. The minimum Gasteiger partial charge on any atom is -0.397 e. The Morgan fingerprint density at radius 3 is 2.64 bits per heavy atom. The Kier molecular flexibility index (Phi) is 4.75. The summed E-state index contributed by atoms with van der Waals surface area (Å²) < 4.78 is 28.4. The molecule has 1 aliphatic heterocycles. The van der Waals surface area contributed by atoms with E-state index in [-0.39, 0.29) is 34.6 Å². The monoisotopic (exact) mass is 386 g/mol. The van der Waals surface area contributed by atoms with Gasteiger partial charge in [-0.2, -0.15) is 0 Å². The number of hydrogen-bond donors (Lipinski definition) is 3. The predicted octanol–water partition coefficient (Wildman–Crippen LogP) is 0.653. The van der Waals surface area contributed by atoms with E-state index in [4.69, 9.17) is 11.5 Å². The van der Waals surface area contributed by atoms with Gasteiger partial charge in [-0.1, -0.05) is 11.8 Å². The number of nitrogen functional groups attached to an aromatic ring is 1. The number of benzene rings is 1. The molecule has 28 heavy (non-hydrogen) atoms. The zero-order chi connectivity index (χ0) is 20.6. The Hall–Kier alpha value is -3.51. The number of aromatic nitrogens is 1. The minimum absolute atomic E-state index is 0.000983. The second-order valence-electron chi connectivity index (χ2n) is 6.40. The summed E-state index contributed by atoms with van der Waals surface area (Å²) in [4.78, 5) is 28.6. The van der Waals surface area contributed by atoms with E-state index in [1.54, 1.807) is 0 Å². The van der Waals surface area contributed by atoms with Gasteiger partial charge in [-0.25, -0.2) is 13.8 Å². The average molecular weight is 386 g/mol. The van der Waals surface area contributed by atoms with Crippen molar-refractivity contribution >= 4 is 17.5 Å². The number of primary amides is 1. The first kappa shape index (κ1) is 19.3. The number of hydrogen-bond acceptors (Lipinski definition) is 5. The molecule has 0 saturated carbocycles. The fourth-order valence-corrected chi connectivity index (χ4v) is 2.80. The number of likely N-dealkylation sites (N-methyl/N-ethyl adjacent to an activating group) is 1. The third kappa shape index (κ3) is 3.37. The van der Waals surface area contributed by atoms with Crippen molar-refractivity contribution < 1.29 is 23.5 Å². The second-order valence-corrected chi connectivity index (χ2v) is 6.40. The molecule has 0 radical (unpaired) electrons. The van der Waals surface area contributed by atoms with Crippen LogP contribution in [0.4, 0.5) is 14.5 Å². The lowest BCUT2D eigenvalue weighted by molar-refractivity contribution is -0.137. The lowest BCUT2D eigenvalue weighted by atomic mass is 10.0. The normalized spacial score (nSPS) is 18.7. The van der Waals surface area contributed by atoms with Crippen molar-refractivity contribution in [1.82, 2.24) is 9.88 Å². The van der Waals surface area contributed by atoms with Crippen LogP contribution in [0.15, 0.2) is 24.3 Å². The van der Waals surface area contributed by atoms with Crippen LogP contribution < -0.4 is 11.5 Å². The SMILES string of the molecule is CN1CCC(O)(C#Cc2cc(-c3ccc(N)c(C(N)=O)n3)c(F)cc2F)C1=O. The summed E-state index contributed by atoms with van der Waals surface area (Å²) in [5.74, 6) is 1.38. The van der Waals surface area contributed by atoms with Crippen LogP contribution in [0.3, 0.4) is 0 Å². The Bertz CT molecular complexity index is 1060. The molecule has 1 unspecified atom stereocenters. The fourth-order valence-electron chi connectivity index (χ4n) is 2.80. The van der Waals surface area contributed by atoms with Crippen molar-refractivity contribution in [3.05, 3.63) is 47.2 Å². The van der Waals surface area contributed by atoms with Crippen molar-refractivity contribution in [2.45, 2.75) is 12.0 Å². The largest absolute Gasteiger partial charge is 0.397 e. The highest BCUT2D eigenvalue weighted by Gasteiger charge is 2.42. The number of halogens is 2. The lowest BCUT2D eigenvalue weighted by Crippen LogP contribution is -2.37. The number of nitrogens with zero attached hydrogens (tertiary/aromatic N) is 2. The molecule has 2 heterocycles. The van der Waals surface area contributed by atoms with Crippen molar-refractivity contribution in [3.8, 4) is 23.1 Å². The number of nitrogens with two attached hydrogens (primary N) is 2. The first-order valence-corrected chi connectivity index (χ1v) is 8.19. The summed E-state index contributed by atoms with van der Waals surface area (Å²) >= 11 is 0. The quantitative estimate of drug-likeness (QED) is 0.654. The van der Waals surface area contributed by atoms with Gasteiger partial charge in [-0.15, -0.1) is 0 Å². The maximum Gasteiger partial charge on any atom is 0.269 e. The third-order valence-corrected chi connectivity index (χ3v) is 4.41. The van der Waals surface area contributed by atoms with Crippen LogP contribution in [0.5, 0.6) is 0 Å². The molecule has 5 N–H and O–H groups in total. The minimum atomic E-state index is -1.92. The smallest absolute Gasteiger partial charge is 0.269 e. The summed E-state index contributed by atoms with van der Waals surface area (Å²) in [6, 6.07) is 4.35. The molecule has 1 aromatic heterocycles. The third-order valence-electron chi connectivity index (χ3n) is 4.41. The summed E-state index contributed by atoms with van der Waals surface area (Å²) in [6.45, 7) is 0.312. The fraction of sp³-hybridized carbons (Fsp3) is 0.211. The first-order chi connectivity index (χ1) is 13.1. The van der Waals surface area contributed by atoms with Crippen LogP contribution in [0, 0.1) is 23.5 Å². The van der Waals surface area contributed by atoms with Crippen LogP contribution in [0.1, 0.15) is 22.5 Å². The molecule has 144 valence electrons. The molecule has 2 amide bonds. The lowest BCUT2D eigenvalue weighted by Gasteiger charge is -2.13. The van der Waals surface area contributed by atoms with E-state index in [2.05, 4.69) is 16.8 Å². The van der Waals surface area contributed by atoms with Gasteiger partial charge < -0.3 is 21.5 Å². The number of carbonyl (C=O) groups excluding carboxylic acids is 2. The molecule has 1 fully saturated rings. The van der Waals surface area contributed by atoms with Crippen LogP contribution in [-0.2, 0) is 4.79 Å². The van der Waals surface area contributed by atoms with Crippen molar-refractivity contribution in [3.63, 3.8) is 0 Å². The van der Waals surface area contributed by atoms with Crippen LogP contribution >= 0.6 is 0 Å². The Morgan fingerprint density at radius 1 is 1.32 bits per heavy atom. The first-order valence-electron chi connectivity index (χ1n) is 8.19. The highest BCUT2D eigenvalue weighted by atomic mass is 19.1. The van der Waals surface area contributed by atoms with Gasteiger partial charge in [-0.3, -0.25) is 9.59 Å². The highest BCUT2D eigenvalue weighted by molar-refractivity contribution is 5.96. The van der Waals surface area contributed by atoms with Crippen molar-refractivity contribution in [1.29, 1.82) is 0 Å². The second kappa shape index (κ2) is 6.90. The van der Waals surface area contributed by atoms with Crippen molar-refractivity contribution in [2.75, 3.05) is 19.3 Å². The molecule has 0 aliphatic carbocycles. The molecular weight excluding hydrogens is 370 g/mol. The number of rotatable bonds is 2. The van der Waals surface area contributed by atoms with Crippen LogP contribution in [0.2, 0.25) is 0 Å². The van der Waals surface area contributed by atoms with E-state index in [0.29, 0.717) is 12.6 Å². The molecular formula is C19H16F2N4O3. The molecule has 0 bridgehead atoms. The molecule has 2 aromatic rings. The topological polar surface area (TPSA) is 123 Å². The molecule has 1 saturated heterocycles. The van der Waals surface area contributed by atoms with E-state index in [9.17, 15) is 23.5 Å². The zero-order valence-electron chi connectivity index (χ0n) is 14.8. The van der Waals surface area contributed by atoms with E-state index in [0.717, 1.165) is 6.07 Å². The summed E-state index contributed by atoms with van der Waals surface area (Å²) in [5, 5.41) is 10.3. The van der Waals surface area contributed by atoms with Gasteiger partial charge in [0.2, 0.25) is 5.60 Å². The zero-order valence-corrected chi connectivity index (χ0v) is 14.8. The van der Waals surface area contributed by atoms with Gasteiger partial charge in [0.25, 0.3) is 11.8 Å². The van der Waals surface area contributed by atoms with Gasteiger partial charge in [0, 0.05) is 31.6 Å². The predicted molar refractivity (Wildman–Crippen MR) is 96.6 cm³/mol. The molecule has 0 spiro atoms. The number of aliphatic hydroxyl groups is 1. The molecule has 9 heteroatoms. The van der Waals surface area contributed by atoms with Gasteiger partial charge in [0.05, 0.1) is 16.9 Å². The van der Waals surface area contributed by atoms with Gasteiger partial charge in [0.1, 0.15) is 11.6 Å². The Morgan fingerprint density at radius 2 is 2.04 bits per heavy atom. The van der Waals surface area contributed by atoms with E-state index < -0.39 is 29.0 Å². The Labute approximate surface area is 159 Å². The van der Waals surface area contributed by atoms with Crippen LogP contribution in [-0.4, -0.2) is 46.0 Å². The number of anilines is 1. The van der Waals surface area contributed by atoms with E-state index in [1.807, 2.05) is 0 Å². The molecule has 3 rings (SSSR count). The average Bonchev–Trinajstić information content (AvgIpc) is 2.89. The van der Waals surface area contributed by atoms with Crippen molar-refractivity contribution in [2.24, 2.45) is 5.73 Å². The van der Waals surface area contributed by atoms with E-state index in [1.165, 1.54) is 24.1 Å². The van der Waals surface area contributed by atoms with Gasteiger partial charge in [-0.05, 0) is 18.2 Å². The number of amides is 2. The van der Waals surface area contributed by atoms with Crippen LogP contribution in [0.25, 0.3) is 11.3 Å². The summed E-state index contributed by atoms with van der Waals surface area (Å²) in [6.07, 6.45) is 0.0759. The number of pyridine rings is 1. The van der Waals surface area contributed by atoms with Gasteiger partial charge >= 0.3 is 0 Å². The standard InChI is InChI=1S/C19H16F2N4O3/c1-25-7-6-19(28,18(25)27)5-4-10-8-11(13(21)9-12(10)20)15-3-2-14(22)16(24-15)17(23)26/h2-3,8-9,28H,6-7,22H2,1H3,(H2,23,26). The number of likely N-dealkylation sites (tertiary alicyclic amines) is 1. The Balaban J connectivity index is 2.06.